The summed E-state index contributed by atoms with van der Waals surface area (Å²) in [5, 5.41) is 6.28. The number of halogens is 2. The standard InChI is InChI=1S/C12H25N3O.2ClH/c1-12(2,9-15(3)4)8-14-11(16)10-5-6-13-7-10;;/h10,13H,5-9H2,1-4H3,(H,14,16);2*1H. The van der Waals surface area contributed by atoms with E-state index >= 15 is 0 Å². The molecule has 1 amide bonds. The minimum Gasteiger partial charge on any atom is -0.355 e. The number of rotatable bonds is 5. The molecule has 0 saturated carbocycles. The van der Waals surface area contributed by atoms with Gasteiger partial charge in [-0.25, -0.2) is 0 Å². The number of carbonyl (C=O) groups is 1. The summed E-state index contributed by atoms with van der Waals surface area (Å²) in [5.74, 6) is 0.381. The second-order valence-corrected chi connectivity index (χ2v) is 5.81. The zero-order valence-corrected chi connectivity index (χ0v) is 13.4. The Labute approximate surface area is 123 Å². The number of hydrogen-bond acceptors (Lipinski definition) is 3. The summed E-state index contributed by atoms with van der Waals surface area (Å²) in [6.07, 6.45) is 0.972. The van der Waals surface area contributed by atoms with E-state index < -0.39 is 0 Å². The summed E-state index contributed by atoms with van der Waals surface area (Å²) in [6.45, 7) is 7.90. The Morgan fingerprint density at radius 3 is 2.44 bits per heavy atom. The molecule has 1 atom stereocenters. The Morgan fingerprint density at radius 1 is 1.39 bits per heavy atom. The Morgan fingerprint density at radius 2 is 2.00 bits per heavy atom. The lowest BCUT2D eigenvalue weighted by Gasteiger charge is -2.28. The topological polar surface area (TPSA) is 44.4 Å². The van der Waals surface area contributed by atoms with Crippen LogP contribution in [-0.4, -0.2) is 51.1 Å². The lowest BCUT2D eigenvalue weighted by molar-refractivity contribution is -0.124. The van der Waals surface area contributed by atoms with Crippen LogP contribution in [0.1, 0.15) is 20.3 Å². The lowest BCUT2D eigenvalue weighted by atomic mass is 9.92. The third kappa shape index (κ3) is 7.41. The zero-order valence-electron chi connectivity index (χ0n) is 11.8. The van der Waals surface area contributed by atoms with Gasteiger partial charge in [-0.2, -0.15) is 0 Å². The molecular weight excluding hydrogens is 273 g/mol. The number of nitrogens with one attached hydrogen (secondary N) is 2. The van der Waals surface area contributed by atoms with E-state index in [4.69, 9.17) is 0 Å². The second-order valence-electron chi connectivity index (χ2n) is 5.81. The van der Waals surface area contributed by atoms with E-state index in [2.05, 4.69) is 43.5 Å². The van der Waals surface area contributed by atoms with Gasteiger partial charge in [0, 0.05) is 19.6 Å². The molecule has 1 unspecified atom stereocenters. The third-order valence-electron chi connectivity index (χ3n) is 2.92. The van der Waals surface area contributed by atoms with Gasteiger partial charge in [0.25, 0.3) is 0 Å². The molecule has 0 radical (unpaired) electrons. The van der Waals surface area contributed by atoms with Crippen LogP contribution in [0.25, 0.3) is 0 Å². The molecule has 0 aliphatic carbocycles. The van der Waals surface area contributed by atoms with Gasteiger partial charge in [-0.3, -0.25) is 4.79 Å². The highest BCUT2D eigenvalue weighted by Crippen LogP contribution is 2.15. The van der Waals surface area contributed by atoms with Crippen LogP contribution in [0.3, 0.4) is 0 Å². The van der Waals surface area contributed by atoms with E-state index in [0.29, 0.717) is 0 Å². The predicted octanol–water partition coefficient (Wildman–Crippen LogP) is 1.14. The zero-order chi connectivity index (χ0) is 12.2. The van der Waals surface area contributed by atoms with Crippen molar-refractivity contribution in [2.75, 3.05) is 40.3 Å². The van der Waals surface area contributed by atoms with E-state index in [1.165, 1.54) is 0 Å². The molecule has 0 aromatic carbocycles. The first kappa shape index (κ1) is 20.3. The Balaban J connectivity index is 0. The molecule has 0 bridgehead atoms. The highest BCUT2D eigenvalue weighted by atomic mass is 35.5. The summed E-state index contributed by atoms with van der Waals surface area (Å²) >= 11 is 0. The average Bonchev–Trinajstić information content (AvgIpc) is 2.64. The van der Waals surface area contributed by atoms with Gasteiger partial charge in [0.05, 0.1) is 5.92 Å². The van der Waals surface area contributed by atoms with Gasteiger partial charge in [0.15, 0.2) is 0 Å². The molecule has 0 aromatic heterocycles. The van der Waals surface area contributed by atoms with Crippen LogP contribution < -0.4 is 10.6 Å². The number of nitrogens with zero attached hydrogens (tertiary/aromatic N) is 1. The molecule has 1 rings (SSSR count). The second kappa shape index (κ2) is 8.97. The molecule has 6 heteroatoms. The molecule has 4 nitrogen and oxygen atoms in total. The van der Waals surface area contributed by atoms with Gasteiger partial charge in [-0.15, -0.1) is 24.8 Å². The highest BCUT2D eigenvalue weighted by molar-refractivity contribution is 5.85. The van der Waals surface area contributed by atoms with Gasteiger partial charge in [-0.05, 0) is 32.5 Å². The summed E-state index contributed by atoms with van der Waals surface area (Å²) in [5.41, 5.74) is 0.130. The number of carbonyl (C=O) groups excluding carboxylic acids is 1. The smallest absolute Gasteiger partial charge is 0.224 e. The number of amides is 1. The molecule has 0 aromatic rings. The summed E-state index contributed by atoms with van der Waals surface area (Å²) in [6, 6.07) is 0. The first-order valence-electron chi connectivity index (χ1n) is 6.04. The maximum atomic E-state index is 11.8. The molecule has 1 aliphatic rings. The molecule has 110 valence electrons. The fourth-order valence-corrected chi connectivity index (χ4v) is 2.26. The SMILES string of the molecule is CN(C)CC(C)(C)CNC(=O)C1CCNC1.Cl.Cl. The van der Waals surface area contributed by atoms with Crippen molar-refractivity contribution < 1.29 is 4.79 Å². The van der Waals surface area contributed by atoms with Gasteiger partial charge in [0.2, 0.25) is 5.91 Å². The van der Waals surface area contributed by atoms with E-state index in [0.717, 1.165) is 32.6 Å². The quantitative estimate of drug-likeness (QED) is 0.800. The summed E-state index contributed by atoms with van der Waals surface area (Å²) < 4.78 is 0. The normalized spacial score (nSPS) is 19.1. The molecule has 0 spiro atoms. The molecule has 2 N–H and O–H groups in total. The van der Waals surface area contributed by atoms with Crippen molar-refractivity contribution in [1.29, 1.82) is 0 Å². The monoisotopic (exact) mass is 299 g/mol. The summed E-state index contributed by atoms with van der Waals surface area (Å²) in [7, 11) is 4.12. The lowest BCUT2D eigenvalue weighted by Crippen LogP contribution is -2.42. The minimum atomic E-state index is 0. The van der Waals surface area contributed by atoms with E-state index in [-0.39, 0.29) is 42.1 Å². The maximum absolute atomic E-state index is 11.8. The van der Waals surface area contributed by atoms with Crippen LogP contribution in [-0.2, 0) is 4.79 Å². The van der Waals surface area contributed by atoms with E-state index in [1.807, 2.05) is 0 Å². The Kier molecular flexibility index (Phi) is 10.1. The maximum Gasteiger partial charge on any atom is 0.224 e. The Hall–Kier alpha value is -0.0300. The van der Waals surface area contributed by atoms with Gasteiger partial charge < -0.3 is 15.5 Å². The molecule has 1 aliphatic heterocycles. The van der Waals surface area contributed by atoms with Gasteiger partial charge in [-0.1, -0.05) is 13.8 Å². The van der Waals surface area contributed by atoms with Crippen molar-refractivity contribution in [2.24, 2.45) is 11.3 Å². The molecule has 1 fully saturated rings. The van der Waals surface area contributed by atoms with Gasteiger partial charge >= 0.3 is 0 Å². The van der Waals surface area contributed by atoms with E-state index in [1.54, 1.807) is 0 Å². The fraction of sp³-hybridized carbons (Fsp3) is 0.917. The van der Waals surface area contributed by atoms with Crippen LogP contribution in [0.15, 0.2) is 0 Å². The Bertz CT molecular complexity index is 241. The molecule has 1 saturated heterocycles. The molecule has 18 heavy (non-hydrogen) atoms. The van der Waals surface area contributed by atoms with Crippen molar-refractivity contribution in [1.82, 2.24) is 15.5 Å². The third-order valence-corrected chi connectivity index (χ3v) is 2.92. The average molecular weight is 300 g/mol. The van der Waals surface area contributed by atoms with E-state index in [9.17, 15) is 4.79 Å². The molecular formula is C12H27Cl2N3O. The van der Waals surface area contributed by atoms with Crippen molar-refractivity contribution in [3.63, 3.8) is 0 Å². The van der Waals surface area contributed by atoms with Crippen molar-refractivity contribution >= 4 is 30.7 Å². The van der Waals surface area contributed by atoms with Crippen molar-refractivity contribution in [2.45, 2.75) is 20.3 Å². The fourth-order valence-electron chi connectivity index (χ4n) is 2.26. The van der Waals surface area contributed by atoms with Crippen LogP contribution >= 0.6 is 24.8 Å². The largest absolute Gasteiger partial charge is 0.355 e. The highest BCUT2D eigenvalue weighted by Gasteiger charge is 2.25. The van der Waals surface area contributed by atoms with Crippen LogP contribution in [0.4, 0.5) is 0 Å². The van der Waals surface area contributed by atoms with Crippen LogP contribution in [0, 0.1) is 11.3 Å². The van der Waals surface area contributed by atoms with Gasteiger partial charge in [0.1, 0.15) is 0 Å². The van der Waals surface area contributed by atoms with Crippen LogP contribution in [0.2, 0.25) is 0 Å². The summed E-state index contributed by atoms with van der Waals surface area (Å²) in [4.78, 5) is 14.0. The predicted molar refractivity (Wildman–Crippen MR) is 80.8 cm³/mol. The first-order chi connectivity index (χ1) is 7.41. The van der Waals surface area contributed by atoms with Crippen LogP contribution in [0.5, 0.6) is 0 Å². The minimum absolute atomic E-state index is 0. The van der Waals surface area contributed by atoms with Crippen molar-refractivity contribution in [3.8, 4) is 0 Å². The first-order valence-corrected chi connectivity index (χ1v) is 6.04. The molecule has 1 heterocycles. The van der Waals surface area contributed by atoms with Crippen molar-refractivity contribution in [3.05, 3.63) is 0 Å². The number of hydrogen-bond donors (Lipinski definition) is 2.